The smallest absolute Gasteiger partial charge is 0.335 e. The van der Waals surface area contributed by atoms with Crippen LogP contribution in [0.4, 0.5) is 13.2 Å². The Hall–Kier alpha value is -0.740. The maximum absolute atomic E-state index is 12.2. The van der Waals surface area contributed by atoms with E-state index in [2.05, 4.69) is 0 Å². The molecule has 0 spiro atoms. The number of nitrogens with zero attached hydrogens (tertiary/aromatic N) is 1. The predicted octanol–water partition coefficient (Wildman–Crippen LogP) is 2.73. The van der Waals surface area contributed by atoms with Crippen molar-refractivity contribution in [3.05, 3.63) is 0 Å². The molecule has 2 nitrogen and oxygen atoms in total. The minimum atomic E-state index is -4.74. The monoisotopic (exact) mass is 223 g/mol. The molecule has 1 fully saturated rings. The molecule has 1 saturated carbocycles. The average molecular weight is 223 g/mol. The molecule has 0 radical (unpaired) electrons. The van der Waals surface area contributed by atoms with Crippen LogP contribution in [-0.4, -0.2) is 30.1 Å². The van der Waals surface area contributed by atoms with E-state index in [1.165, 1.54) is 7.05 Å². The topological polar surface area (TPSA) is 20.3 Å². The number of rotatable bonds is 1. The fourth-order valence-corrected chi connectivity index (χ4v) is 2.01. The summed E-state index contributed by atoms with van der Waals surface area (Å²) < 4.78 is 36.5. The van der Waals surface area contributed by atoms with Crippen molar-refractivity contribution < 1.29 is 18.0 Å². The molecule has 1 aliphatic rings. The van der Waals surface area contributed by atoms with Crippen molar-refractivity contribution in [3.63, 3.8) is 0 Å². The zero-order valence-electron chi connectivity index (χ0n) is 8.81. The van der Waals surface area contributed by atoms with Crippen molar-refractivity contribution in [2.24, 2.45) is 0 Å². The summed E-state index contributed by atoms with van der Waals surface area (Å²) in [5, 5.41) is 0. The van der Waals surface area contributed by atoms with E-state index >= 15 is 0 Å². The van der Waals surface area contributed by atoms with Crippen LogP contribution in [0.15, 0.2) is 0 Å². The maximum atomic E-state index is 12.2. The van der Waals surface area contributed by atoms with E-state index in [0.717, 1.165) is 30.6 Å². The molecule has 0 saturated heterocycles. The van der Waals surface area contributed by atoms with Crippen LogP contribution in [0, 0.1) is 0 Å². The molecule has 15 heavy (non-hydrogen) atoms. The highest BCUT2D eigenvalue weighted by Gasteiger charge is 2.42. The summed E-state index contributed by atoms with van der Waals surface area (Å²) in [4.78, 5) is 11.8. The van der Waals surface area contributed by atoms with Crippen LogP contribution in [0.2, 0.25) is 0 Å². The van der Waals surface area contributed by atoms with E-state index in [4.69, 9.17) is 0 Å². The van der Waals surface area contributed by atoms with Crippen molar-refractivity contribution in [1.29, 1.82) is 0 Å². The van der Waals surface area contributed by atoms with Gasteiger partial charge < -0.3 is 4.90 Å². The summed E-state index contributed by atoms with van der Waals surface area (Å²) in [5.74, 6) is -1.71. The molecular weight excluding hydrogens is 207 g/mol. The van der Waals surface area contributed by atoms with Crippen molar-refractivity contribution in [2.75, 3.05) is 7.05 Å². The summed E-state index contributed by atoms with van der Waals surface area (Å²) in [7, 11) is 1.26. The van der Waals surface area contributed by atoms with Crippen molar-refractivity contribution >= 4 is 5.91 Å². The van der Waals surface area contributed by atoms with Gasteiger partial charge in [-0.15, -0.1) is 0 Å². The lowest BCUT2D eigenvalue weighted by molar-refractivity contribution is -0.186. The third kappa shape index (κ3) is 3.39. The van der Waals surface area contributed by atoms with Gasteiger partial charge in [-0.05, 0) is 12.8 Å². The van der Waals surface area contributed by atoms with Gasteiger partial charge in [-0.1, -0.05) is 25.7 Å². The lowest BCUT2D eigenvalue weighted by Gasteiger charge is -2.27. The van der Waals surface area contributed by atoms with E-state index in [-0.39, 0.29) is 6.04 Å². The van der Waals surface area contributed by atoms with Gasteiger partial charge >= 0.3 is 12.1 Å². The molecule has 0 unspecified atom stereocenters. The molecule has 0 atom stereocenters. The Morgan fingerprint density at radius 2 is 1.60 bits per heavy atom. The van der Waals surface area contributed by atoms with Crippen LogP contribution in [0.1, 0.15) is 38.5 Å². The van der Waals surface area contributed by atoms with Crippen LogP contribution >= 0.6 is 0 Å². The van der Waals surface area contributed by atoms with E-state index < -0.39 is 12.1 Å². The summed E-state index contributed by atoms with van der Waals surface area (Å²) in [6, 6.07) is -0.235. The van der Waals surface area contributed by atoms with Crippen LogP contribution in [0.3, 0.4) is 0 Å². The van der Waals surface area contributed by atoms with Gasteiger partial charge in [0.05, 0.1) is 0 Å². The van der Waals surface area contributed by atoms with Gasteiger partial charge in [-0.25, -0.2) is 0 Å². The second kappa shape index (κ2) is 4.86. The molecule has 0 aliphatic heterocycles. The standard InChI is InChI=1S/C10H16F3NO/c1-14(9(15)10(11,12)13)8-6-4-2-3-5-7-8/h8H,2-7H2,1H3. The molecule has 0 N–H and O–H groups in total. The normalized spacial score (nSPS) is 19.7. The lowest BCUT2D eigenvalue weighted by atomic mass is 10.1. The van der Waals surface area contributed by atoms with Gasteiger partial charge in [0.15, 0.2) is 0 Å². The first-order chi connectivity index (χ1) is 6.93. The highest BCUT2D eigenvalue weighted by Crippen LogP contribution is 2.25. The molecule has 0 bridgehead atoms. The third-order valence-electron chi connectivity index (χ3n) is 2.94. The molecule has 0 aromatic rings. The third-order valence-corrected chi connectivity index (χ3v) is 2.94. The first-order valence-electron chi connectivity index (χ1n) is 5.27. The first kappa shape index (κ1) is 12.3. The molecule has 0 aromatic carbocycles. The van der Waals surface area contributed by atoms with Gasteiger partial charge in [0.25, 0.3) is 0 Å². The summed E-state index contributed by atoms with van der Waals surface area (Å²) >= 11 is 0. The molecule has 0 aromatic heterocycles. The van der Waals surface area contributed by atoms with Crippen molar-refractivity contribution in [3.8, 4) is 0 Å². The molecular formula is C10H16F3NO. The van der Waals surface area contributed by atoms with Gasteiger partial charge in [-0.3, -0.25) is 4.79 Å². The van der Waals surface area contributed by atoms with Crippen LogP contribution in [0.5, 0.6) is 0 Å². The Bertz CT molecular complexity index is 219. The molecule has 5 heteroatoms. The lowest BCUT2D eigenvalue weighted by Crippen LogP contribution is -2.44. The van der Waals surface area contributed by atoms with E-state index in [1.54, 1.807) is 0 Å². The van der Waals surface area contributed by atoms with Crippen LogP contribution < -0.4 is 0 Å². The Morgan fingerprint density at radius 1 is 1.13 bits per heavy atom. The number of halogens is 3. The fourth-order valence-electron chi connectivity index (χ4n) is 2.01. The van der Waals surface area contributed by atoms with Gasteiger partial charge in [0.1, 0.15) is 0 Å². The Morgan fingerprint density at radius 3 is 2.00 bits per heavy atom. The Kier molecular flexibility index (Phi) is 3.99. The molecule has 0 heterocycles. The summed E-state index contributed by atoms with van der Waals surface area (Å²) in [6.45, 7) is 0. The van der Waals surface area contributed by atoms with Crippen molar-refractivity contribution in [2.45, 2.75) is 50.7 Å². The Labute approximate surface area is 87.4 Å². The molecule has 1 rings (SSSR count). The van der Waals surface area contributed by atoms with Gasteiger partial charge in [-0.2, -0.15) is 13.2 Å². The van der Waals surface area contributed by atoms with Crippen LogP contribution in [-0.2, 0) is 4.79 Å². The van der Waals surface area contributed by atoms with E-state index in [9.17, 15) is 18.0 Å². The minimum absolute atomic E-state index is 0.235. The first-order valence-corrected chi connectivity index (χ1v) is 5.27. The quantitative estimate of drug-likeness (QED) is 0.626. The molecule has 1 amide bonds. The van der Waals surface area contributed by atoms with Crippen LogP contribution in [0.25, 0.3) is 0 Å². The maximum Gasteiger partial charge on any atom is 0.471 e. The van der Waals surface area contributed by atoms with Gasteiger partial charge in [0.2, 0.25) is 0 Å². The number of carbonyl (C=O) groups is 1. The van der Waals surface area contributed by atoms with E-state index in [1.807, 2.05) is 0 Å². The van der Waals surface area contributed by atoms with Gasteiger partial charge in [0, 0.05) is 13.1 Å². The number of hydrogen-bond donors (Lipinski definition) is 0. The minimum Gasteiger partial charge on any atom is -0.335 e. The highest BCUT2D eigenvalue weighted by atomic mass is 19.4. The SMILES string of the molecule is CN(C(=O)C(F)(F)F)C1CCCCCC1. The Balaban J connectivity index is 2.58. The summed E-state index contributed by atoms with van der Waals surface area (Å²) in [5.41, 5.74) is 0. The number of amides is 1. The predicted molar refractivity (Wildman–Crippen MR) is 50.3 cm³/mol. The largest absolute Gasteiger partial charge is 0.471 e. The van der Waals surface area contributed by atoms with E-state index in [0.29, 0.717) is 12.8 Å². The van der Waals surface area contributed by atoms with Crippen molar-refractivity contribution in [1.82, 2.24) is 4.90 Å². The summed E-state index contributed by atoms with van der Waals surface area (Å²) in [6.07, 6.45) is 0.604. The highest BCUT2D eigenvalue weighted by molar-refractivity contribution is 5.81. The molecule has 88 valence electrons. The average Bonchev–Trinajstić information content (AvgIpc) is 2.42. The number of carbonyl (C=O) groups excluding carboxylic acids is 1. The zero-order valence-corrected chi connectivity index (χ0v) is 8.81. The second-order valence-electron chi connectivity index (χ2n) is 4.06. The fraction of sp³-hybridized carbons (Fsp3) is 0.900. The number of hydrogen-bond acceptors (Lipinski definition) is 1. The molecule has 1 aliphatic carbocycles. The zero-order chi connectivity index (χ0) is 11.5. The second-order valence-corrected chi connectivity index (χ2v) is 4.06. The number of alkyl halides is 3.